The molecule has 0 aliphatic rings. The van der Waals surface area contributed by atoms with Gasteiger partial charge in [-0.2, -0.15) is 0 Å². The molecular formula is C14H19NO4. The van der Waals surface area contributed by atoms with Crippen molar-refractivity contribution in [3.8, 4) is 0 Å². The summed E-state index contributed by atoms with van der Waals surface area (Å²) in [4.78, 5) is 21.9. The number of carbonyl (C=O) groups is 1. The zero-order chi connectivity index (χ0) is 14.8. The lowest BCUT2D eigenvalue weighted by Gasteiger charge is -2.29. The van der Waals surface area contributed by atoms with Crippen molar-refractivity contribution in [2.24, 2.45) is 11.3 Å². The maximum absolute atomic E-state index is 11.5. The molecule has 0 amide bonds. The molecule has 1 aromatic carbocycles. The number of hydrogen-bond donors (Lipinski definition) is 1. The van der Waals surface area contributed by atoms with Crippen LogP contribution in [0.2, 0.25) is 0 Å². The Labute approximate surface area is 112 Å². The van der Waals surface area contributed by atoms with Gasteiger partial charge in [0.2, 0.25) is 0 Å². The molecule has 0 aromatic heterocycles. The van der Waals surface area contributed by atoms with Gasteiger partial charge in [-0.05, 0) is 31.7 Å². The minimum Gasteiger partial charge on any atom is -0.481 e. The Balaban J connectivity index is 3.22. The van der Waals surface area contributed by atoms with Crippen LogP contribution in [0, 0.1) is 28.4 Å². The van der Waals surface area contributed by atoms with Crippen LogP contribution in [0.1, 0.15) is 31.9 Å². The first-order valence-electron chi connectivity index (χ1n) is 6.16. The van der Waals surface area contributed by atoms with Crippen molar-refractivity contribution in [3.05, 3.63) is 39.4 Å². The summed E-state index contributed by atoms with van der Waals surface area (Å²) in [5, 5.41) is 20.3. The molecule has 0 fully saturated rings. The average Bonchev–Trinajstić information content (AvgIpc) is 2.30. The minimum absolute atomic E-state index is 0.0361. The predicted molar refractivity (Wildman–Crippen MR) is 72.1 cm³/mol. The van der Waals surface area contributed by atoms with E-state index in [0.29, 0.717) is 11.1 Å². The summed E-state index contributed by atoms with van der Waals surface area (Å²) in [6.45, 7) is 7.04. The quantitative estimate of drug-likeness (QED) is 0.654. The van der Waals surface area contributed by atoms with Gasteiger partial charge in [0.1, 0.15) is 0 Å². The molecule has 0 bridgehead atoms. The van der Waals surface area contributed by atoms with Crippen LogP contribution in [0.4, 0.5) is 5.69 Å². The fourth-order valence-corrected chi connectivity index (χ4v) is 1.98. The molecule has 19 heavy (non-hydrogen) atoms. The van der Waals surface area contributed by atoms with E-state index >= 15 is 0 Å². The number of nitro groups is 1. The highest BCUT2D eigenvalue weighted by atomic mass is 16.6. The second-order valence-electron chi connectivity index (χ2n) is 5.37. The number of nitro benzene ring substituents is 1. The molecule has 1 unspecified atom stereocenters. The monoisotopic (exact) mass is 265 g/mol. The van der Waals surface area contributed by atoms with Crippen molar-refractivity contribution in [1.29, 1.82) is 0 Å². The van der Waals surface area contributed by atoms with Gasteiger partial charge in [0.05, 0.1) is 10.3 Å². The van der Waals surface area contributed by atoms with Crippen LogP contribution < -0.4 is 0 Å². The Hall–Kier alpha value is -1.91. The van der Waals surface area contributed by atoms with Gasteiger partial charge in [0.15, 0.2) is 0 Å². The highest BCUT2D eigenvalue weighted by molar-refractivity contribution is 5.75. The van der Waals surface area contributed by atoms with Gasteiger partial charge >= 0.3 is 5.97 Å². The van der Waals surface area contributed by atoms with Crippen molar-refractivity contribution in [2.75, 3.05) is 0 Å². The SMILES string of the molecule is Cc1c(CC(C)(C(=O)O)C(C)C)cccc1[N+](=O)[O-]. The topological polar surface area (TPSA) is 80.4 Å². The number of hydrogen-bond acceptors (Lipinski definition) is 3. The van der Waals surface area contributed by atoms with E-state index in [1.807, 2.05) is 13.8 Å². The van der Waals surface area contributed by atoms with Gasteiger partial charge in [-0.25, -0.2) is 0 Å². The largest absolute Gasteiger partial charge is 0.481 e. The molecule has 0 radical (unpaired) electrons. The summed E-state index contributed by atoms with van der Waals surface area (Å²) in [6.07, 6.45) is 0.285. The zero-order valence-corrected chi connectivity index (χ0v) is 11.6. The van der Waals surface area contributed by atoms with Crippen molar-refractivity contribution in [2.45, 2.75) is 34.1 Å². The lowest BCUT2D eigenvalue weighted by molar-refractivity contribution is -0.385. The summed E-state index contributed by atoms with van der Waals surface area (Å²) in [6, 6.07) is 4.79. The second kappa shape index (κ2) is 5.38. The molecule has 1 rings (SSSR count). The zero-order valence-electron chi connectivity index (χ0n) is 11.6. The van der Waals surface area contributed by atoms with E-state index in [9.17, 15) is 20.0 Å². The molecule has 0 aliphatic carbocycles. The Bertz CT molecular complexity index is 510. The van der Waals surface area contributed by atoms with Crippen molar-refractivity contribution in [3.63, 3.8) is 0 Å². The summed E-state index contributed by atoms with van der Waals surface area (Å²) in [7, 11) is 0. The first-order chi connectivity index (χ1) is 8.70. The molecule has 104 valence electrons. The summed E-state index contributed by atoms with van der Waals surface area (Å²) in [5.41, 5.74) is 0.363. The van der Waals surface area contributed by atoms with Gasteiger partial charge in [-0.1, -0.05) is 26.0 Å². The number of rotatable bonds is 5. The molecule has 0 saturated carbocycles. The van der Waals surface area contributed by atoms with Crippen molar-refractivity contribution < 1.29 is 14.8 Å². The minimum atomic E-state index is -0.931. The third-order valence-corrected chi connectivity index (χ3v) is 3.93. The van der Waals surface area contributed by atoms with E-state index in [4.69, 9.17) is 0 Å². The maximum atomic E-state index is 11.5. The summed E-state index contributed by atoms with van der Waals surface area (Å²) in [5.74, 6) is -0.947. The van der Waals surface area contributed by atoms with Crippen LogP contribution in [0.3, 0.4) is 0 Å². The fraction of sp³-hybridized carbons (Fsp3) is 0.500. The first-order valence-corrected chi connectivity index (χ1v) is 6.16. The van der Waals surface area contributed by atoms with Crippen LogP contribution in [0.25, 0.3) is 0 Å². The Morgan fingerprint density at radius 1 is 1.47 bits per heavy atom. The smallest absolute Gasteiger partial charge is 0.309 e. The molecule has 1 aromatic rings. The molecule has 0 spiro atoms. The number of aliphatic carboxylic acids is 1. The number of carboxylic acids is 1. The average molecular weight is 265 g/mol. The maximum Gasteiger partial charge on any atom is 0.309 e. The Morgan fingerprint density at radius 2 is 2.05 bits per heavy atom. The fourth-order valence-electron chi connectivity index (χ4n) is 1.98. The molecule has 0 aliphatic heterocycles. The lowest BCUT2D eigenvalue weighted by Crippen LogP contribution is -2.35. The van der Waals surface area contributed by atoms with E-state index in [-0.39, 0.29) is 18.0 Å². The van der Waals surface area contributed by atoms with E-state index in [0.717, 1.165) is 0 Å². The van der Waals surface area contributed by atoms with Crippen LogP contribution in [-0.4, -0.2) is 16.0 Å². The standard InChI is InChI=1S/C14H19NO4/c1-9(2)14(4,13(16)17)8-11-6-5-7-12(10(11)3)15(18)19/h5-7,9H,8H2,1-4H3,(H,16,17). The molecule has 1 N–H and O–H groups in total. The summed E-state index contributed by atoms with van der Waals surface area (Å²) < 4.78 is 0. The third kappa shape index (κ3) is 2.92. The Morgan fingerprint density at radius 3 is 2.47 bits per heavy atom. The molecule has 0 heterocycles. The molecular weight excluding hydrogens is 246 g/mol. The molecule has 0 saturated heterocycles. The van der Waals surface area contributed by atoms with Gasteiger partial charge in [0, 0.05) is 11.6 Å². The lowest BCUT2D eigenvalue weighted by atomic mass is 9.74. The van der Waals surface area contributed by atoms with Crippen molar-refractivity contribution >= 4 is 11.7 Å². The van der Waals surface area contributed by atoms with Crippen LogP contribution in [0.5, 0.6) is 0 Å². The molecule has 1 atom stereocenters. The van der Waals surface area contributed by atoms with E-state index in [1.165, 1.54) is 6.07 Å². The molecule has 5 heteroatoms. The van der Waals surface area contributed by atoms with Crippen LogP contribution in [0.15, 0.2) is 18.2 Å². The number of carboxylic acid groups (broad SMARTS) is 1. The van der Waals surface area contributed by atoms with Crippen LogP contribution in [-0.2, 0) is 11.2 Å². The van der Waals surface area contributed by atoms with Gasteiger partial charge in [-0.15, -0.1) is 0 Å². The van der Waals surface area contributed by atoms with E-state index in [1.54, 1.807) is 26.0 Å². The van der Waals surface area contributed by atoms with Gasteiger partial charge in [-0.3, -0.25) is 14.9 Å². The van der Waals surface area contributed by atoms with Crippen molar-refractivity contribution in [1.82, 2.24) is 0 Å². The Kier molecular flexibility index (Phi) is 4.29. The van der Waals surface area contributed by atoms with Gasteiger partial charge in [0.25, 0.3) is 5.69 Å². The van der Waals surface area contributed by atoms with E-state index in [2.05, 4.69) is 0 Å². The number of nitrogens with zero attached hydrogens (tertiary/aromatic N) is 1. The summed E-state index contributed by atoms with van der Waals surface area (Å²) >= 11 is 0. The predicted octanol–water partition coefficient (Wildman–Crippen LogP) is 3.19. The highest BCUT2D eigenvalue weighted by Crippen LogP contribution is 2.34. The molecule has 5 nitrogen and oxygen atoms in total. The third-order valence-electron chi connectivity index (χ3n) is 3.93. The second-order valence-corrected chi connectivity index (χ2v) is 5.37. The first kappa shape index (κ1) is 15.1. The van der Waals surface area contributed by atoms with Crippen LogP contribution >= 0.6 is 0 Å². The van der Waals surface area contributed by atoms with Gasteiger partial charge < -0.3 is 5.11 Å². The van der Waals surface area contributed by atoms with E-state index < -0.39 is 16.3 Å². The highest BCUT2D eigenvalue weighted by Gasteiger charge is 2.37. The normalized spacial score (nSPS) is 14.2. The number of benzene rings is 1.